The summed E-state index contributed by atoms with van der Waals surface area (Å²) in [5.74, 6) is -0.739. The number of hydrogen-bond donors (Lipinski definition) is 1. The van der Waals surface area contributed by atoms with E-state index in [9.17, 15) is 14.4 Å². The Morgan fingerprint density at radius 3 is 2.60 bits per heavy atom. The van der Waals surface area contributed by atoms with Crippen molar-refractivity contribution in [2.45, 2.75) is 19.3 Å². The third-order valence-corrected chi connectivity index (χ3v) is 4.98. The van der Waals surface area contributed by atoms with Crippen LogP contribution in [0.4, 0.5) is 0 Å². The fourth-order valence-corrected chi connectivity index (χ4v) is 3.57. The van der Waals surface area contributed by atoms with Crippen LogP contribution in [0, 0.1) is 0 Å². The third-order valence-electron chi connectivity index (χ3n) is 4.98. The second-order valence-corrected chi connectivity index (χ2v) is 6.85. The Morgan fingerprint density at radius 2 is 1.83 bits per heavy atom. The molecule has 0 radical (unpaired) electrons. The fourth-order valence-electron chi connectivity index (χ4n) is 3.57. The number of methoxy groups -OCH3 is 1. The van der Waals surface area contributed by atoms with Crippen LogP contribution in [0.1, 0.15) is 27.9 Å². The van der Waals surface area contributed by atoms with Gasteiger partial charge in [0.15, 0.2) is 6.61 Å². The van der Waals surface area contributed by atoms with E-state index < -0.39 is 18.5 Å². The number of carbonyl (C=O) groups is 2. The molecule has 1 aromatic heterocycles. The smallest absolute Gasteiger partial charge is 0.349 e. The molecule has 1 amide bonds. The van der Waals surface area contributed by atoms with E-state index in [1.807, 2.05) is 6.07 Å². The van der Waals surface area contributed by atoms with E-state index in [0.717, 1.165) is 35.8 Å². The van der Waals surface area contributed by atoms with E-state index in [2.05, 4.69) is 0 Å². The molecule has 3 aromatic rings. The summed E-state index contributed by atoms with van der Waals surface area (Å²) in [6.07, 6.45) is 2.50. The number of amides is 1. The molecule has 4 rings (SSSR count). The maximum Gasteiger partial charge on any atom is 0.349 e. The second kappa shape index (κ2) is 7.90. The highest BCUT2D eigenvalue weighted by Crippen LogP contribution is 2.30. The molecule has 30 heavy (non-hydrogen) atoms. The topological polar surface area (TPSA) is 118 Å². The van der Waals surface area contributed by atoms with Gasteiger partial charge < -0.3 is 24.4 Å². The Hall–Kier alpha value is -3.81. The van der Waals surface area contributed by atoms with Gasteiger partial charge in [-0.25, -0.2) is 9.59 Å². The molecule has 8 nitrogen and oxygen atoms in total. The molecule has 0 aliphatic heterocycles. The normalized spacial score (nSPS) is 12.4. The molecular weight excluding hydrogens is 390 g/mol. The Labute approximate surface area is 171 Å². The summed E-state index contributed by atoms with van der Waals surface area (Å²) in [5.41, 5.74) is 7.20. The average molecular weight is 409 g/mol. The van der Waals surface area contributed by atoms with Crippen molar-refractivity contribution in [3.63, 3.8) is 0 Å². The molecule has 0 bridgehead atoms. The van der Waals surface area contributed by atoms with Crippen LogP contribution in [0.3, 0.4) is 0 Å². The van der Waals surface area contributed by atoms with Gasteiger partial charge in [0.2, 0.25) is 0 Å². The van der Waals surface area contributed by atoms with Crippen molar-refractivity contribution in [1.29, 1.82) is 0 Å². The predicted molar refractivity (Wildman–Crippen MR) is 107 cm³/mol. The number of primary amides is 1. The number of hydrogen-bond acceptors (Lipinski definition) is 7. The number of fused-ring (bicyclic) bond motifs is 3. The highest BCUT2D eigenvalue weighted by Gasteiger charge is 2.20. The predicted octanol–water partition coefficient (Wildman–Crippen LogP) is 2.37. The number of carbonyl (C=O) groups excluding carboxylic acids is 2. The van der Waals surface area contributed by atoms with E-state index in [1.165, 1.54) is 25.3 Å². The van der Waals surface area contributed by atoms with Crippen molar-refractivity contribution in [2.75, 3.05) is 13.7 Å². The minimum Gasteiger partial charge on any atom is -0.497 e. The van der Waals surface area contributed by atoms with Crippen molar-refractivity contribution in [3.8, 4) is 17.2 Å². The molecule has 1 heterocycles. The van der Waals surface area contributed by atoms with Crippen molar-refractivity contribution in [1.82, 2.24) is 0 Å². The Bertz CT molecular complexity index is 1210. The van der Waals surface area contributed by atoms with Gasteiger partial charge >= 0.3 is 11.6 Å². The van der Waals surface area contributed by atoms with Gasteiger partial charge in [-0.15, -0.1) is 0 Å². The van der Waals surface area contributed by atoms with Crippen molar-refractivity contribution < 1.29 is 28.2 Å². The number of rotatable bonds is 6. The van der Waals surface area contributed by atoms with Crippen LogP contribution in [0.5, 0.6) is 17.2 Å². The van der Waals surface area contributed by atoms with Crippen LogP contribution in [-0.4, -0.2) is 25.6 Å². The molecule has 0 spiro atoms. The van der Waals surface area contributed by atoms with Crippen molar-refractivity contribution in [2.24, 2.45) is 5.73 Å². The van der Waals surface area contributed by atoms with E-state index in [-0.39, 0.29) is 16.9 Å². The van der Waals surface area contributed by atoms with Crippen LogP contribution in [0.15, 0.2) is 45.6 Å². The Kier molecular flexibility index (Phi) is 5.14. The minimum atomic E-state index is -0.738. The zero-order valence-corrected chi connectivity index (χ0v) is 16.2. The lowest BCUT2D eigenvalue weighted by atomic mass is 10.1. The first-order valence-electron chi connectivity index (χ1n) is 9.36. The highest BCUT2D eigenvalue weighted by molar-refractivity contribution is 5.96. The van der Waals surface area contributed by atoms with E-state index >= 15 is 0 Å². The largest absolute Gasteiger partial charge is 0.497 e. The number of benzene rings is 2. The summed E-state index contributed by atoms with van der Waals surface area (Å²) in [4.78, 5) is 35.9. The lowest BCUT2D eigenvalue weighted by Crippen LogP contribution is -2.20. The van der Waals surface area contributed by atoms with Gasteiger partial charge in [0, 0.05) is 23.1 Å². The SMILES string of the molecule is COc1ccc(C(N)=O)c(OC(=O)COc2ccc3c4c(c(=O)oc3c2)CCC4)c1. The first-order valence-corrected chi connectivity index (χ1v) is 9.36. The Morgan fingerprint density at radius 1 is 1.07 bits per heavy atom. The van der Waals surface area contributed by atoms with Crippen molar-refractivity contribution >= 4 is 22.8 Å². The first-order chi connectivity index (χ1) is 14.5. The fraction of sp³-hybridized carbons (Fsp3) is 0.227. The van der Waals surface area contributed by atoms with Gasteiger partial charge in [0.25, 0.3) is 5.91 Å². The molecule has 2 N–H and O–H groups in total. The molecule has 1 aliphatic rings. The number of aryl methyl sites for hydroxylation is 1. The third kappa shape index (κ3) is 3.71. The van der Waals surface area contributed by atoms with Crippen LogP contribution >= 0.6 is 0 Å². The molecule has 0 unspecified atom stereocenters. The molecule has 1 aliphatic carbocycles. The molecule has 0 saturated carbocycles. The number of nitrogens with two attached hydrogens (primary N) is 1. The number of esters is 1. The minimum absolute atomic E-state index is 0.0180. The molecule has 0 fully saturated rings. The van der Waals surface area contributed by atoms with Gasteiger partial charge in [0.05, 0.1) is 12.7 Å². The maximum atomic E-state index is 12.2. The van der Waals surface area contributed by atoms with Crippen LogP contribution in [0.25, 0.3) is 11.0 Å². The number of ether oxygens (including phenoxy) is 3. The van der Waals surface area contributed by atoms with Crippen LogP contribution < -0.4 is 25.6 Å². The summed E-state index contributed by atoms with van der Waals surface area (Å²) in [7, 11) is 1.45. The maximum absolute atomic E-state index is 12.2. The summed E-state index contributed by atoms with van der Waals surface area (Å²) in [5, 5.41) is 0.875. The standard InChI is InChI=1S/C22H19NO7/c1-27-12-5-8-17(21(23)25)19(9-12)29-20(24)11-28-13-6-7-15-14-3-2-4-16(14)22(26)30-18(15)10-13/h5-10H,2-4,11H2,1H3,(H2,23,25). The van der Waals surface area contributed by atoms with E-state index in [0.29, 0.717) is 17.1 Å². The molecule has 154 valence electrons. The average Bonchev–Trinajstić information content (AvgIpc) is 3.22. The summed E-state index contributed by atoms with van der Waals surface area (Å²) in [6, 6.07) is 9.43. The molecule has 0 saturated heterocycles. The lowest BCUT2D eigenvalue weighted by Gasteiger charge is -2.11. The summed E-state index contributed by atoms with van der Waals surface area (Å²) in [6.45, 7) is -0.421. The van der Waals surface area contributed by atoms with Gasteiger partial charge in [-0.2, -0.15) is 0 Å². The van der Waals surface area contributed by atoms with Gasteiger partial charge in [-0.3, -0.25) is 4.79 Å². The second-order valence-electron chi connectivity index (χ2n) is 6.85. The van der Waals surface area contributed by atoms with Gasteiger partial charge in [-0.1, -0.05) is 0 Å². The zero-order valence-electron chi connectivity index (χ0n) is 16.2. The van der Waals surface area contributed by atoms with Crippen LogP contribution in [0.2, 0.25) is 0 Å². The van der Waals surface area contributed by atoms with Gasteiger partial charge in [-0.05, 0) is 49.1 Å². The lowest BCUT2D eigenvalue weighted by molar-refractivity contribution is -0.136. The van der Waals surface area contributed by atoms with E-state index in [1.54, 1.807) is 12.1 Å². The molecular formula is C22H19NO7. The van der Waals surface area contributed by atoms with Gasteiger partial charge in [0.1, 0.15) is 22.8 Å². The summed E-state index contributed by atoms with van der Waals surface area (Å²) >= 11 is 0. The highest BCUT2D eigenvalue weighted by atomic mass is 16.6. The quantitative estimate of drug-likeness (QED) is 0.377. The Balaban J connectivity index is 1.49. The first kappa shape index (κ1) is 19.5. The molecule has 2 aromatic carbocycles. The zero-order chi connectivity index (χ0) is 21.3. The summed E-state index contributed by atoms with van der Waals surface area (Å²) < 4.78 is 21.2. The van der Waals surface area contributed by atoms with Crippen LogP contribution in [-0.2, 0) is 17.6 Å². The molecule has 8 heteroatoms. The monoisotopic (exact) mass is 409 g/mol. The molecule has 0 atom stereocenters. The van der Waals surface area contributed by atoms with Crippen molar-refractivity contribution in [3.05, 3.63) is 63.5 Å². The van der Waals surface area contributed by atoms with E-state index in [4.69, 9.17) is 24.4 Å².